The molecule has 0 atom stereocenters. The summed E-state index contributed by atoms with van der Waals surface area (Å²) in [6.45, 7) is 3.48. The third-order valence-electron chi connectivity index (χ3n) is 6.81. The number of amides is 1. The van der Waals surface area contributed by atoms with Gasteiger partial charge in [0.15, 0.2) is 11.6 Å². The lowest BCUT2D eigenvalue weighted by Gasteiger charge is -2.21. The highest BCUT2D eigenvalue weighted by molar-refractivity contribution is 6.03. The Morgan fingerprint density at radius 1 is 1.11 bits per heavy atom. The van der Waals surface area contributed by atoms with Gasteiger partial charge in [-0.2, -0.15) is 0 Å². The number of ether oxygens (including phenoxy) is 1. The Hall–Kier alpha value is -4.53. The minimum Gasteiger partial charge on any atom is -0.496 e. The number of nitrogens with zero attached hydrogens (tertiary/aromatic N) is 4. The Morgan fingerprint density at radius 3 is 2.54 bits per heavy atom. The molecule has 188 valence electrons. The van der Waals surface area contributed by atoms with E-state index >= 15 is 0 Å². The topological polar surface area (TPSA) is 125 Å². The second-order valence-corrected chi connectivity index (χ2v) is 9.09. The molecule has 2 aromatic heterocycles. The van der Waals surface area contributed by atoms with Crippen molar-refractivity contribution in [1.82, 2.24) is 19.8 Å². The number of rotatable bonds is 7. The summed E-state index contributed by atoms with van der Waals surface area (Å²) in [5.74, 6) is 0.656. The Kier molecular flexibility index (Phi) is 6.68. The molecule has 9 heteroatoms. The van der Waals surface area contributed by atoms with Crippen LogP contribution in [0.25, 0.3) is 27.9 Å². The maximum atomic E-state index is 13.3. The third-order valence-corrected chi connectivity index (χ3v) is 6.81. The normalized spacial score (nSPS) is 13.9. The van der Waals surface area contributed by atoms with E-state index < -0.39 is 0 Å². The van der Waals surface area contributed by atoms with Gasteiger partial charge in [0.05, 0.1) is 12.7 Å². The fourth-order valence-electron chi connectivity index (χ4n) is 4.93. The Balaban J connectivity index is 1.60. The van der Waals surface area contributed by atoms with Gasteiger partial charge in [-0.3, -0.25) is 9.59 Å². The molecule has 3 N–H and O–H groups in total. The number of fused-ring (bicyclic) bond motifs is 1. The van der Waals surface area contributed by atoms with Crippen molar-refractivity contribution >= 4 is 28.7 Å². The molecule has 37 heavy (non-hydrogen) atoms. The van der Waals surface area contributed by atoms with E-state index in [-0.39, 0.29) is 23.4 Å². The number of nitrogens with one attached hydrogen (secondary N) is 1. The second-order valence-electron chi connectivity index (χ2n) is 9.09. The van der Waals surface area contributed by atoms with Crippen LogP contribution < -0.4 is 15.8 Å². The first kappa shape index (κ1) is 24.2. The zero-order chi connectivity index (χ0) is 25.9. The van der Waals surface area contributed by atoms with Crippen LogP contribution in [0.5, 0.6) is 5.75 Å². The van der Waals surface area contributed by atoms with Gasteiger partial charge >= 0.3 is 0 Å². The molecule has 9 nitrogen and oxygen atoms in total. The zero-order valence-corrected chi connectivity index (χ0v) is 20.6. The molecule has 0 radical (unpaired) electrons. The van der Waals surface area contributed by atoms with E-state index in [1.54, 1.807) is 19.2 Å². The van der Waals surface area contributed by atoms with E-state index in [4.69, 9.17) is 10.5 Å². The number of benzene rings is 2. The van der Waals surface area contributed by atoms with Gasteiger partial charge in [0.2, 0.25) is 5.91 Å². The Morgan fingerprint density at radius 2 is 1.84 bits per heavy atom. The molecule has 0 unspecified atom stereocenters. The van der Waals surface area contributed by atoms with Gasteiger partial charge in [-0.1, -0.05) is 44.0 Å². The summed E-state index contributed by atoms with van der Waals surface area (Å²) in [5.41, 5.74) is 10.9. The molecule has 0 spiro atoms. The maximum absolute atomic E-state index is 13.3. The van der Waals surface area contributed by atoms with Crippen molar-refractivity contribution in [2.45, 2.75) is 32.1 Å². The standard InChI is InChI=1S/C28H28N6O3/c1-3-23(35)32-20-12-9-17(10-13-20)25-24(26-28(29)30-16-31-34(26)33-25)19-11-14-21(22(15-19)37-2)27(36)18-7-5-4-6-8-18/h3,9-16,18H,1,4-8H2,2H3,(H,32,35)(H2,29,30,31). The monoisotopic (exact) mass is 496 g/mol. The molecule has 1 saturated carbocycles. The van der Waals surface area contributed by atoms with Crippen LogP contribution in [0.3, 0.4) is 0 Å². The quantitative estimate of drug-likeness (QED) is 0.274. The SMILES string of the molecule is C=CC(=O)Nc1ccc(-c2nn3ncnc(N)c3c2-c2ccc(C(=O)C3CCCCC3)c(OC)c2)cc1. The van der Waals surface area contributed by atoms with Gasteiger partial charge in [-0.25, -0.2) is 4.98 Å². The molecule has 0 bridgehead atoms. The van der Waals surface area contributed by atoms with E-state index in [1.165, 1.54) is 23.5 Å². The molecule has 1 fully saturated rings. The van der Waals surface area contributed by atoms with Gasteiger partial charge in [0.25, 0.3) is 0 Å². The highest BCUT2D eigenvalue weighted by atomic mass is 16.5. The van der Waals surface area contributed by atoms with E-state index in [0.717, 1.165) is 42.4 Å². The van der Waals surface area contributed by atoms with Crippen LogP contribution in [-0.4, -0.2) is 38.6 Å². The van der Waals surface area contributed by atoms with Crippen LogP contribution in [0.15, 0.2) is 61.4 Å². The van der Waals surface area contributed by atoms with Crippen molar-refractivity contribution in [3.8, 4) is 28.1 Å². The fraction of sp³-hybridized carbons (Fsp3) is 0.250. The number of carbonyl (C=O) groups is 2. The van der Waals surface area contributed by atoms with Crippen molar-refractivity contribution in [2.75, 3.05) is 18.2 Å². The van der Waals surface area contributed by atoms with Crippen LogP contribution >= 0.6 is 0 Å². The van der Waals surface area contributed by atoms with Gasteiger partial charge in [-0.05, 0) is 48.7 Å². The number of ketones is 1. The molecule has 4 aromatic rings. The average molecular weight is 497 g/mol. The fourth-order valence-corrected chi connectivity index (χ4v) is 4.93. The number of anilines is 2. The average Bonchev–Trinajstić information content (AvgIpc) is 3.34. The lowest BCUT2D eigenvalue weighted by molar-refractivity contribution is -0.111. The molecule has 2 heterocycles. The first-order valence-electron chi connectivity index (χ1n) is 12.3. The molecular formula is C28H28N6O3. The van der Waals surface area contributed by atoms with Gasteiger partial charge in [0, 0.05) is 22.7 Å². The first-order valence-corrected chi connectivity index (χ1v) is 12.3. The number of aromatic nitrogens is 4. The summed E-state index contributed by atoms with van der Waals surface area (Å²) >= 11 is 0. The molecule has 1 aliphatic rings. The molecule has 0 saturated heterocycles. The molecule has 5 rings (SSSR count). The van der Waals surface area contributed by atoms with E-state index in [2.05, 4.69) is 27.1 Å². The van der Waals surface area contributed by atoms with E-state index in [0.29, 0.717) is 28.2 Å². The maximum Gasteiger partial charge on any atom is 0.247 e. The number of nitrogen functional groups attached to an aromatic ring is 1. The largest absolute Gasteiger partial charge is 0.496 e. The van der Waals surface area contributed by atoms with Crippen molar-refractivity contribution in [1.29, 1.82) is 0 Å². The van der Waals surface area contributed by atoms with Crippen molar-refractivity contribution in [3.63, 3.8) is 0 Å². The third kappa shape index (κ3) is 4.67. The Bertz CT molecular complexity index is 1490. The number of hydrogen-bond donors (Lipinski definition) is 2. The number of nitrogens with two attached hydrogens (primary N) is 1. The van der Waals surface area contributed by atoms with Crippen molar-refractivity contribution in [3.05, 3.63) is 67.0 Å². The first-order chi connectivity index (χ1) is 18.0. The van der Waals surface area contributed by atoms with Crippen LogP contribution in [0.4, 0.5) is 11.5 Å². The van der Waals surface area contributed by atoms with Gasteiger partial charge < -0.3 is 15.8 Å². The molecule has 1 aliphatic carbocycles. The van der Waals surface area contributed by atoms with Crippen LogP contribution in [-0.2, 0) is 4.79 Å². The van der Waals surface area contributed by atoms with Crippen LogP contribution in [0.2, 0.25) is 0 Å². The summed E-state index contributed by atoms with van der Waals surface area (Å²) in [4.78, 5) is 29.1. The molecule has 0 aliphatic heterocycles. The number of Topliss-reactive ketones (excluding diaryl/α,β-unsaturated/α-hetero) is 1. The van der Waals surface area contributed by atoms with Crippen LogP contribution in [0.1, 0.15) is 42.5 Å². The summed E-state index contributed by atoms with van der Waals surface area (Å²) in [6, 6.07) is 12.8. The highest BCUT2D eigenvalue weighted by Crippen LogP contribution is 2.40. The summed E-state index contributed by atoms with van der Waals surface area (Å²) in [5, 5.41) is 11.7. The summed E-state index contributed by atoms with van der Waals surface area (Å²) in [6.07, 6.45) is 7.74. The summed E-state index contributed by atoms with van der Waals surface area (Å²) in [7, 11) is 1.57. The van der Waals surface area contributed by atoms with Gasteiger partial charge in [-0.15, -0.1) is 14.8 Å². The predicted molar refractivity (Wildman–Crippen MR) is 142 cm³/mol. The lowest BCUT2D eigenvalue weighted by Crippen LogP contribution is -2.18. The summed E-state index contributed by atoms with van der Waals surface area (Å²) < 4.78 is 7.14. The second kappa shape index (κ2) is 10.2. The number of hydrogen-bond acceptors (Lipinski definition) is 7. The minimum absolute atomic E-state index is 0.0326. The minimum atomic E-state index is -0.292. The molecule has 2 aromatic carbocycles. The predicted octanol–water partition coefficient (Wildman–Crippen LogP) is 4.94. The highest BCUT2D eigenvalue weighted by Gasteiger charge is 2.26. The smallest absolute Gasteiger partial charge is 0.247 e. The number of carbonyl (C=O) groups excluding carboxylic acids is 2. The van der Waals surface area contributed by atoms with E-state index in [1.807, 2.05) is 30.3 Å². The lowest BCUT2D eigenvalue weighted by atomic mass is 9.83. The number of methoxy groups -OCH3 is 1. The van der Waals surface area contributed by atoms with Crippen molar-refractivity contribution < 1.29 is 14.3 Å². The molecular weight excluding hydrogens is 468 g/mol. The van der Waals surface area contributed by atoms with Crippen LogP contribution in [0, 0.1) is 5.92 Å². The molecule has 1 amide bonds. The van der Waals surface area contributed by atoms with Crippen molar-refractivity contribution in [2.24, 2.45) is 5.92 Å². The van der Waals surface area contributed by atoms with E-state index in [9.17, 15) is 9.59 Å². The zero-order valence-electron chi connectivity index (χ0n) is 20.6. The van der Waals surface area contributed by atoms with Gasteiger partial charge in [0.1, 0.15) is 23.3 Å². The Labute approximate surface area is 214 Å².